The van der Waals surface area contributed by atoms with Gasteiger partial charge in [-0.1, -0.05) is 42.6 Å². The third-order valence-electron chi connectivity index (χ3n) is 6.45. The van der Waals surface area contributed by atoms with Gasteiger partial charge in [-0.3, -0.25) is 9.59 Å². The Morgan fingerprint density at radius 3 is 2.60 bits per heavy atom. The predicted molar refractivity (Wildman–Crippen MR) is 132 cm³/mol. The summed E-state index contributed by atoms with van der Waals surface area (Å²) in [5, 5.41) is 23.6. The number of Topliss-reactive ketones (excluding diaryl/α,β-unsaturated/α-hetero) is 1. The van der Waals surface area contributed by atoms with E-state index in [1.165, 1.54) is 11.5 Å². The van der Waals surface area contributed by atoms with E-state index >= 15 is 0 Å². The van der Waals surface area contributed by atoms with E-state index < -0.39 is 18.2 Å². The molecule has 1 saturated heterocycles. The quantitative estimate of drug-likeness (QED) is 0.466. The van der Waals surface area contributed by atoms with Crippen molar-refractivity contribution < 1.29 is 19.8 Å². The van der Waals surface area contributed by atoms with Crippen molar-refractivity contribution in [2.24, 2.45) is 5.92 Å². The van der Waals surface area contributed by atoms with E-state index in [-0.39, 0.29) is 43.6 Å². The first-order valence-electron chi connectivity index (χ1n) is 11.8. The number of carbonyl (C=O) groups is 2. The largest absolute Gasteiger partial charge is 0.391 e. The van der Waals surface area contributed by atoms with E-state index in [2.05, 4.69) is 14.6 Å². The molecule has 3 aromatic rings. The van der Waals surface area contributed by atoms with Crippen LogP contribution in [0.1, 0.15) is 49.7 Å². The number of rotatable bonds is 9. The maximum Gasteiger partial charge on any atom is 0.246 e. The average molecular weight is 498 g/mol. The molecule has 1 aliphatic rings. The number of nitrogens with zero attached hydrogens (tertiary/aromatic N) is 5. The Balaban J connectivity index is 1.43. The van der Waals surface area contributed by atoms with Crippen LogP contribution in [-0.2, 0) is 22.6 Å². The van der Waals surface area contributed by atoms with Crippen LogP contribution in [-0.4, -0.2) is 64.6 Å². The number of aryl methyl sites for hydroxylation is 2. The normalized spacial score (nSPS) is 18.9. The number of hydrogen-bond acceptors (Lipinski definition) is 8. The zero-order valence-corrected chi connectivity index (χ0v) is 21.0. The minimum atomic E-state index is -0.710. The number of aliphatic hydroxyl groups is 2. The lowest BCUT2D eigenvalue weighted by molar-refractivity contribution is -0.141. The summed E-state index contributed by atoms with van der Waals surface area (Å²) in [4.78, 5) is 33.3. The molecule has 1 aliphatic heterocycles. The van der Waals surface area contributed by atoms with Crippen molar-refractivity contribution in [2.45, 2.75) is 64.8 Å². The lowest BCUT2D eigenvalue weighted by Crippen LogP contribution is -2.45. The lowest BCUT2D eigenvalue weighted by atomic mass is 9.98. The molecule has 3 heterocycles. The fourth-order valence-electron chi connectivity index (χ4n) is 4.67. The smallest absolute Gasteiger partial charge is 0.246 e. The van der Waals surface area contributed by atoms with Gasteiger partial charge >= 0.3 is 0 Å². The van der Waals surface area contributed by atoms with Gasteiger partial charge in [0.05, 0.1) is 35.7 Å². The van der Waals surface area contributed by atoms with Gasteiger partial charge in [-0.05, 0) is 41.9 Å². The van der Waals surface area contributed by atoms with Crippen molar-refractivity contribution in [3.63, 3.8) is 0 Å². The van der Waals surface area contributed by atoms with E-state index in [4.69, 9.17) is 0 Å². The number of hydrogen-bond donors (Lipinski definition) is 2. The van der Waals surface area contributed by atoms with Crippen LogP contribution in [0.4, 0.5) is 0 Å². The van der Waals surface area contributed by atoms with E-state index in [1.807, 2.05) is 51.2 Å². The van der Waals surface area contributed by atoms with E-state index in [0.29, 0.717) is 12.1 Å². The van der Waals surface area contributed by atoms with Crippen LogP contribution < -0.4 is 0 Å². The molecule has 10 heteroatoms. The van der Waals surface area contributed by atoms with Crippen molar-refractivity contribution in [1.82, 2.24) is 24.0 Å². The summed E-state index contributed by atoms with van der Waals surface area (Å²) in [6, 6.07) is 6.67. The molecule has 186 valence electrons. The van der Waals surface area contributed by atoms with Crippen molar-refractivity contribution in [2.75, 3.05) is 6.54 Å². The number of likely N-dealkylation sites (tertiary alicyclic amines) is 1. The van der Waals surface area contributed by atoms with Crippen LogP contribution in [0, 0.1) is 12.8 Å². The predicted octanol–water partition coefficient (Wildman–Crippen LogP) is 2.56. The second-order valence-electron chi connectivity index (χ2n) is 9.42. The molecule has 0 spiro atoms. The van der Waals surface area contributed by atoms with Gasteiger partial charge in [0.2, 0.25) is 5.91 Å². The number of carbonyl (C=O) groups excluding carboxylic acids is 2. The van der Waals surface area contributed by atoms with Crippen molar-refractivity contribution in [1.29, 1.82) is 0 Å². The molecule has 0 unspecified atom stereocenters. The Kier molecular flexibility index (Phi) is 7.73. The zero-order chi connectivity index (χ0) is 25.1. The monoisotopic (exact) mass is 497 g/mol. The Bertz CT molecular complexity index is 1170. The Morgan fingerprint density at radius 2 is 1.97 bits per heavy atom. The molecule has 35 heavy (non-hydrogen) atoms. The van der Waals surface area contributed by atoms with E-state index in [1.54, 1.807) is 15.8 Å². The second kappa shape index (κ2) is 10.8. The molecular formula is C25H31N5O4S. The number of ketones is 1. The third-order valence-corrected chi connectivity index (χ3v) is 7.27. The molecule has 2 aromatic heterocycles. The number of imidazole rings is 1. The van der Waals surface area contributed by atoms with Crippen LogP contribution in [0.25, 0.3) is 10.4 Å². The number of aliphatic hydroxyl groups excluding tert-OH is 2. The van der Waals surface area contributed by atoms with E-state index in [0.717, 1.165) is 21.7 Å². The van der Waals surface area contributed by atoms with Crippen LogP contribution in [0.5, 0.6) is 0 Å². The van der Waals surface area contributed by atoms with Crippen LogP contribution in [0.15, 0.2) is 36.8 Å². The topological polar surface area (TPSA) is 121 Å². The first kappa shape index (κ1) is 25.2. The van der Waals surface area contributed by atoms with Gasteiger partial charge in [0, 0.05) is 25.6 Å². The molecule has 0 aliphatic carbocycles. The maximum absolute atomic E-state index is 13.5. The summed E-state index contributed by atoms with van der Waals surface area (Å²) in [6.45, 7) is 5.81. The number of benzene rings is 1. The first-order valence-corrected chi connectivity index (χ1v) is 12.6. The highest BCUT2D eigenvalue weighted by Crippen LogP contribution is 2.29. The summed E-state index contributed by atoms with van der Waals surface area (Å²) >= 11 is 1.23. The highest BCUT2D eigenvalue weighted by atomic mass is 32.1. The third kappa shape index (κ3) is 5.50. The number of aromatic nitrogens is 4. The summed E-state index contributed by atoms with van der Waals surface area (Å²) in [5.74, 6) is -0.199. The van der Waals surface area contributed by atoms with Gasteiger partial charge in [0.25, 0.3) is 0 Å². The average Bonchev–Trinajstić information content (AvgIpc) is 3.57. The lowest BCUT2D eigenvalue weighted by Gasteiger charge is -2.30. The Morgan fingerprint density at radius 1 is 1.23 bits per heavy atom. The van der Waals surface area contributed by atoms with Gasteiger partial charge < -0.3 is 19.7 Å². The Hall–Kier alpha value is -2.95. The number of amides is 1. The Labute approximate surface area is 208 Å². The van der Waals surface area contributed by atoms with Crippen LogP contribution >= 0.6 is 11.5 Å². The van der Waals surface area contributed by atoms with Crippen molar-refractivity contribution in [3.05, 3.63) is 53.7 Å². The molecule has 1 fully saturated rings. The summed E-state index contributed by atoms with van der Waals surface area (Å²) in [5.41, 5.74) is 3.29. The molecule has 3 atom stereocenters. The molecular weight excluding hydrogens is 466 g/mol. The fraction of sp³-hybridized carbons (Fsp3) is 0.480. The fourth-order valence-corrected chi connectivity index (χ4v) is 5.34. The van der Waals surface area contributed by atoms with E-state index in [9.17, 15) is 19.8 Å². The molecule has 0 radical (unpaired) electrons. The highest BCUT2D eigenvalue weighted by Gasteiger charge is 2.41. The second-order valence-corrected chi connectivity index (χ2v) is 10.2. The highest BCUT2D eigenvalue weighted by molar-refractivity contribution is 7.09. The molecule has 0 bridgehead atoms. The summed E-state index contributed by atoms with van der Waals surface area (Å²) < 4.78 is 5.70. The SMILES string of the molecule is Cc1cn([C@H](C(=O)N2C[C@H](O)C[C@H]2C(=O)CCc2ccc(-c3snnc3CO)cc2)C(C)C)cn1. The molecule has 4 rings (SSSR count). The number of β-amino-alcohol motifs (C(OH)–C–C–N with tert-alkyl or cyclic N) is 1. The molecule has 2 N–H and O–H groups in total. The first-order chi connectivity index (χ1) is 16.8. The van der Waals surface area contributed by atoms with Crippen molar-refractivity contribution in [3.8, 4) is 10.4 Å². The van der Waals surface area contributed by atoms with Gasteiger partial charge in [0.15, 0.2) is 5.78 Å². The minimum absolute atomic E-state index is 0.00297. The molecule has 9 nitrogen and oxygen atoms in total. The molecule has 1 aromatic carbocycles. The van der Waals surface area contributed by atoms with Gasteiger partial charge in [0.1, 0.15) is 11.7 Å². The van der Waals surface area contributed by atoms with Crippen LogP contribution in [0.3, 0.4) is 0 Å². The van der Waals surface area contributed by atoms with Crippen molar-refractivity contribution >= 4 is 23.2 Å². The summed E-state index contributed by atoms with van der Waals surface area (Å²) in [6.07, 6.45) is 3.85. The van der Waals surface area contributed by atoms with Crippen LogP contribution in [0.2, 0.25) is 0 Å². The summed E-state index contributed by atoms with van der Waals surface area (Å²) in [7, 11) is 0. The van der Waals surface area contributed by atoms with Gasteiger partial charge in [-0.15, -0.1) is 5.10 Å². The van der Waals surface area contributed by atoms with Gasteiger partial charge in [-0.2, -0.15) is 0 Å². The standard InChI is InChI=1S/C25H31N5O4S/c1-15(2)23(29-11-16(3)26-14-29)25(34)30-12-19(32)10-21(30)22(33)9-6-17-4-7-18(8-5-17)24-20(13-31)27-28-35-24/h4-5,7-8,11,14-15,19,21,23,31-32H,6,9-10,12-13H2,1-3H3/t19-,21+,23+/m1/s1. The minimum Gasteiger partial charge on any atom is -0.391 e. The van der Waals surface area contributed by atoms with Gasteiger partial charge in [-0.25, -0.2) is 4.98 Å². The maximum atomic E-state index is 13.5. The molecule has 0 saturated carbocycles. The zero-order valence-electron chi connectivity index (χ0n) is 20.2. The molecule has 1 amide bonds.